The topological polar surface area (TPSA) is 79.1 Å². The zero-order valence-electron chi connectivity index (χ0n) is 13.0. The van der Waals surface area contributed by atoms with Crippen molar-refractivity contribution in [1.29, 1.82) is 0 Å². The van der Waals surface area contributed by atoms with E-state index in [0.717, 1.165) is 35.6 Å². The second-order valence-corrected chi connectivity index (χ2v) is 5.72. The molecule has 1 aromatic heterocycles. The maximum atomic E-state index is 5.72. The van der Waals surface area contributed by atoms with Crippen LogP contribution in [0.15, 0.2) is 30.6 Å². The van der Waals surface area contributed by atoms with Crippen molar-refractivity contribution in [2.24, 2.45) is 5.73 Å². The first-order valence-corrected chi connectivity index (χ1v) is 7.58. The molecule has 6 nitrogen and oxygen atoms in total. The largest absolute Gasteiger partial charge is 0.326 e. The molecule has 0 saturated carbocycles. The lowest BCUT2D eigenvalue weighted by Gasteiger charge is -2.18. The molecule has 2 heterocycles. The monoisotopic (exact) mass is 298 g/mol. The van der Waals surface area contributed by atoms with Gasteiger partial charge in [0.1, 0.15) is 12.1 Å². The number of aryl methyl sites for hydroxylation is 1. The third kappa shape index (κ3) is 3.24. The van der Waals surface area contributed by atoms with E-state index in [-0.39, 0.29) is 0 Å². The van der Waals surface area contributed by atoms with Gasteiger partial charge in [-0.15, -0.1) is 0 Å². The fourth-order valence-electron chi connectivity index (χ4n) is 2.60. The van der Waals surface area contributed by atoms with Crippen molar-refractivity contribution in [2.75, 3.05) is 12.0 Å². The van der Waals surface area contributed by atoms with E-state index in [1.165, 1.54) is 5.56 Å². The molecule has 1 aromatic carbocycles. The summed E-state index contributed by atoms with van der Waals surface area (Å²) >= 11 is 0. The van der Waals surface area contributed by atoms with E-state index >= 15 is 0 Å². The minimum atomic E-state index is 0.486. The average molecular weight is 298 g/mol. The summed E-state index contributed by atoms with van der Waals surface area (Å²) in [6.45, 7) is 5.74. The highest BCUT2D eigenvalue weighted by Crippen LogP contribution is 2.22. The Morgan fingerprint density at radius 3 is 2.91 bits per heavy atom. The van der Waals surface area contributed by atoms with Crippen molar-refractivity contribution in [2.45, 2.75) is 32.9 Å². The average Bonchev–Trinajstić information content (AvgIpc) is 2.92. The molecule has 0 aliphatic carbocycles. The predicted molar refractivity (Wildman–Crippen MR) is 87.6 cm³/mol. The van der Waals surface area contributed by atoms with Crippen molar-refractivity contribution in [3.8, 4) is 11.3 Å². The second-order valence-electron chi connectivity index (χ2n) is 5.72. The Hall–Kier alpha value is -2.02. The van der Waals surface area contributed by atoms with E-state index in [1.54, 1.807) is 6.33 Å². The molecule has 1 fully saturated rings. The molecule has 1 unspecified atom stereocenters. The van der Waals surface area contributed by atoms with Crippen LogP contribution in [0, 0.1) is 6.92 Å². The van der Waals surface area contributed by atoms with Crippen LogP contribution in [0.2, 0.25) is 0 Å². The van der Waals surface area contributed by atoms with E-state index in [0.29, 0.717) is 12.6 Å². The van der Waals surface area contributed by atoms with Crippen molar-refractivity contribution < 1.29 is 0 Å². The van der Waals surface area contributed by atoms with E-state index in [9.17, 15) is 0 Å². The summed E-state index contributed by atoms with van der Waals surface area (Å²) in [4.78, 5) is 8.66. The van der Waals surface area contributed by atoms with Gasteiger partial charge in [-0.3, -0.25) is 5.43 Å². The van der Waals surface area contributed by atoms with Gasteiger partial charge in [0.05, 0.1) is 5.69 Å². The fraction of sp³-hybridized carbons (Fsp3) is 0.375. The molecule has 1 aliphatic rings. The normalized spacial score (nSPS) is 18.6. The summed E-state index contributed by atoms with van der Waals surface area (Å²) in [5.74, 6) is 0.784. The molecule has 1 atom stereocenters. The first kappa shape index (κ1) is 14.9. The van der Waals surface area contributed by atoms with Gasteiger partial charge in [-0.25, -0.2) is 15.4 Å². The molecule has 0 radical (unpaired) electrons. The predicted octanol–water partition coefficient (Wildman–Crippen LogP) is 1.84. The second kappa shape index (κ2) is 6.39. The minimum Gasteiger partial charge on any atom is -0.326 e. The molecule has 2 aromatic rings. The van der Waals surface area contributed by atoms with E-state index < -0.39 is 0 Å². The van der Waals surface area contributed by atoms with Gasteiger partial charge in [-0.05, 0) is 37.5 Å². The third-order valence-electron chi connectivity index (χ3n) is 3.94. The highest BCUT2D eigenvalue weighted by atomic mass is 15.7. The molecule has 0 spiro atoms. The molecule has 3 rings (SSSR count). The number of rotatable bonds is 4. The zero-order chi connectivity index (χ0) is 15.5. The SMILES string of the molecule is Cc1cc(-c2cc(NN3CCC(C)N3)ncn2)ccc1CN. The van der Waals surface area contributed by atoms with Crippen LogP contribution in [0.4, 0.5) is 5.82 Å². The van der Waals surface area contributed by atoms with Crippen molar-refractivity contribution in [1.82, 2.24) is 20.5 Å². The number of nitrogens with two attached hydrogens (primary N) is 1. The van der Waals surface area contributed by atoms with Crippen LogP contribution < -0.4 is 16.6 Å². The zero-order valence-corrected chi connectivity index (χ0v) is 13.0. The van der Waals surface area contributed by atoms with Crippen LogP contribution in [0.3, 0.4) is 0 Å². The van der Waals surface area contributed by atoms with Crippen LogP contribution in [0.1, 0.15) is 24.5 Å². The van der Waals surface area contributed by atoms with Crippen LogP contribution in [0.25, 0.3) is 11.3 Å². The quantitative estimate of drug-likeness (QED) is 0.799. The number of aromatic nitrogens is 2. The molecule has 0 amide bonds. The molecule has 1 aliphatic heterocycles. The summed E-state index contributed by atoms with van der Waals surface area (Å²) in [5, 5.41) is 1.97. The highest BCUT2D eigenvalue weighted by Gasteiger charge is 2.17. The Morgan fingerprint density at radius 1 is 1.36 bits per heavy atom. The molecule has 116 valence electrons. The number of anilines is 1. The Labute approximate surface area is 130 Å². The fourth-order valence-corrected chi connectivity index (χ4v) is 2.60. The Morgan fingerprint density at radius 2 is 2.23 bits per heavy atom. The lowest BCUT2D eigenvalue weighted by atomic mass is 10.0. The Kier molecular flexibility index (Phi) is 4.33. The van der Waals surface area contributed by atoms with Crippen LogP contribution in [-0.2, 0) is 6.54 Å². The van der Waals surface area contributed by atoms with E-state index in [2.05, 4.69) is 52.9 Å². The van der Waals surface area contributed by atoms with Crippen LogP contribution >= 0.6 is 0 Å². The van der Waals surface area contributed by atoms with Gasteiger partial charge in [0.2, 0.25) is 0 Å². The van der Waals surface area contributed by atoms with Crippen LogP contribution in [-0.4, -0.2) is 27.7 Å². The van der Waals surface area contributed by atoms with Gasteiger partial charge in [0.15, 0.2) is 0 Å². The Balaban J connectivity index is 1.80. The highest BCUT2D eigenvalue weighted by molar-refractivity contribution is 5.63. The summed E-state index contributed by atoms with van der Waals surface area (Å²) < 4.78 is 0. The standard InChI is InChI=1S/C16H22N6/c1-11-7-13(3-4-14(11)9-17)15-8-16(19-10-18-15)21-22-6-5-12(2)20-22/h3-4,7-8,10,12,20H,5-6,9,17H2,1-2H3,(H,18,19,21). The molecule has 1 saturated heterocycles. The van der Waals surface area contributed by atoms with Gasteiger partial charge in [0, 0.05) is 30.8 Å². The molecule has 0 bridgehead atoms. The van der Waals surface area contributed by atoms with E-state index in [1.807, 2.05) is 11.2 Å². The number of nitrogens with one attached hydrogen (secondary N) is 2. The van der Waals surface area contributed by atoms with Gasteiger partial charge in [0.25, 0.3) is 0 Å². The van der Waals surface area contributed by atoms with Crippen molar-refractivity contribution in [3.63, 3.8) is 0 Å². The molecule has 6 heteroatoms. The lowest BCUT2D eigenvalue weighted by molar-refractivity contribution is 0.290. The van der Waals surface area contributed by atoms with Gasteiger partial charge in [-0.1, -0.05) is 12.1 Å². The first-order chi connectivity index (χ1) is 10.7. The van der Waals surface area contributed by atoms with Crippen LogP contribution in [0.5, 0.6) is 0 Å². The number of hydrogen-bond acceptors (Lipinski definition) is 6. The Bertz CT molecular complexity index is 657. The summed E-state index contributed by atoms with van der Waals surface area (Å²) in [7, 11) is 0. The molecule has 22 heavy (non-hydrogen) atoms. The van der Waals surface area contributed by atoms with Gasteiger partial charge in [-0.2, -0.15) is 5.12 Å². The number of nitrogens with zero attached hydrogens (tertiary/aromatic N) is 3. The summed E-state index contributed by atoms with van der Waals surface area (Å²) in [5.41, 5.74) is 16.6. The van der Waals surface area contributed by atoms with Gasteiger partial charge < -0.3 is 5.73 Å². The van der Waals surface area contributed by atoms with Gasteiger partial charge >= 0.3 is 0 Å². The molecule has 4 N–H and O–H groups in total. The number of benzene rings is 1. The number of hydrogen-bond donors (Lipinski definition) is 3. The summed E-state index contributed by atoms with van der Waals surface area (Å²) in [6, 6.07) is 8.67. The lowest BCUT2D eigenvalue weighted by Crippen LogP contribution is -2.39. The third-order valence-corrected chi connectivity index (χ3v) is 3.94. The van der Waals surface area contributed by atoms with E-state index in [4.69, 9.17) is 5.73 Å². The molecular formula is C16H22N6. The summed E-state index contributed by atoms with van der Waals surface area (Å²) in [6.07, 6.45) is 2.70. The smallest absolute Gasteiger partial charge is 0.145 e. The molecular weight excluding hydrogens is 276 g/mol. The maximum Gasteiger partial charge on any atom is 0.145 e. The van der Waals surface area contributed by atoms with Crippen molar-refractivity contribution >= 4 is 5.82 Å². The maximum absolute atomic E-state index is 5.72. The number of hydrazine groups is 2. The minimum absolute atomic E-state index is 0.486. The van der Waals surface area contributed by atoms with Crippen molar-refractivity contribution in [3.05, 3.63) is 41.7 Å². The first-order valence-electron chi connectivity index (χ1n) is 7.58.